The topological polar surface area (TPSA) is 70.0 Å². The minimum Gasteiger partial charge on any atom is -0.496 e. The summed E-state index contributed by atoms with van der Waals surface area (Å²) in [6.45, 7) is 0.0516. The van der Waals surface area contributed by atoms with Gasteiger partial charge in [0.15, 0.2) is 0 Å². The van der Waals surface area contributed by atoms with E-state index in [-0.39, 0.29) is 6.61 Å². The number of methoxy groups -OCH3 is 2. The molecular formula is C20H21NO5. The average molecular weight is 355 g/mol. The second kappa shape index (κ2) is 8.51. The van der Waals surface area contributed by atoms with Gasteiger partial charge >= 0.3 is 0 Å². The lowest BCUT2D eigenvalue weighted by Gasteiger charge is -2.16. The predicted molar refractivity (Wildman–Crippen MR) is 97.6 cm³/mol. The van der Waals surface area contributed by atoms with Crippen LogP contribution in [0.2, 0.25) is 0 Å². The normalized spacial score (nSPS) is 12.0. The minimum atomic E-state index is -0.753. The lowest BCUT2D eigenvalue weighted by molar-refractivity contribution is -0.0842. The third-order valence-corrected chi connectivity index (χ3v) is 3.81. The van der Waals surface area contributed by atoms with Gasteiger partial charge in [-0.05, 0) is 12.1 Å². The molecule has 0 radical (unpaired) electrons. The Balaban J connectivity index is 1.75. The van der Waals surface area contributed by atoms with Crippen LogP contribution in [0.15, 0.2) is 54.6 Å². The number of hydrogen-bond donors (Lipinski definition) is 1. The Labute approximate surface area is 151 Å². The zero-order valence-corrected chi connectivity index (χ0v) is 14.7. The number of aliphatic hydroxyl groups excluding tert-OH is 1. The van der Waals surface area contributed by atoms with Crippen LogP contribution < -0.4 is 14.2 Å². The molecule has 2 aromatic carbocycles. The third-order valence-electron chi connectivity index (χ3n) is 3.81. The molecule has 1 N–H and O–H groups in total. The van der Waals surface area contributed by atoms with Gasteiger partial charge in [0.05, 0.1) is 18.3 Å². The van der Waals surface area contributed by atoms with Gasteiger partial charge in [-0.2, -0.15) is 0 Å². The summed E-state index contributed by atoms with van der Waals surface area (Å²) in [7, 11) is 3.03. The standard InChI is InChI=1S/C20H21NO5/c1-23-16-9-17(11-18(10-16)26-20(12-22)24-2)25-13-15-8-7-14-5-3-4-6-19(14)21-15/h3-11,20,22H,12-13H2,1-2H3. The second-order valence-corrected chi connectivity index (χ2v) is 5.59. The fraction of sp³-hybridized carbons (Fsp3) is 0.250. The zero-order valence-electron chi connectivity index (χ0n) is 14.7. The number of benzene rings is 2. The van der Waals surface area contributed by atoms with Gasteiger partial charge in [-0.1, -0.05) is 24.3 Å². The molecule has 0 amide bonds. The first kappa shape index (κ1) is 18.0. The van der Waals surface area contributed by atoms with E-state index in [0.29, 0.717) is 23.9 Å². The smallest absolute Gasteiger partial charge is 0.222 e. The Morgan fingerprint density at radius 2 is 1.73 bits per heavy atom. The summed E-state index contributed by atoms with van der Waals surface area (Å²) in [6.07, 6.45) is -0.753. The Hall–Kier alpha value is -2.83. The summed E-state index contributed by atoms with van der Waals surface area (Å²) in [4.78, 5) is 4.59. The highest BCUT2D eigenvalue weighted by Gasteiger charge is 2.10. The molecule has 1 heterocycles. The number of fused-ring (bicyclic) bond motifs is 1. The molecule has 0 spiro atoms. The van der Waals surface area contributed by atoms with Gasteiger partial charge in [0, 0.05) is 30.7 Å². The van der Waals surface area contributed by atoms with Gasteiger partial charge in [-0.3, -0.25) is 0 Å². The molecule has 3 aromatic rings. The minimum absolute atomic E-state index is 0.259. The lowest BCUT2D eigenvalue weighted by Crippen LogP contribution is -2.22. The van der Waals surface area contributed by atoms with Gasteiger partial charge in [0.1, 0.15) is 30.5 Å². The van der Waals surface area contributed by atoms with Crippen molar-refractivity contribution in [3.63, 3.8) is 0 Å². The molecule has 0 saturated heterocycles. The first-order valence-electron chi connectivity index (χ1n) is 8.18. The van der Waals surface area contributed by atoms with Gasteiger partial charge in [0.2, 0.25) is 6.29 Å². The molecule has 1 aromatic heterocycles. The first-order valence-corrected chi connectivity index (χ1v) is 8.18. The first-order chi connectivity index (χ1) is 12.7. The van der Waals surface area contributed by atoms with Crippen LogP contribution in [0.3, 0.4) is 0 Å². The quantitative estimate of drug-likeness (QED) is 0.626. The number of nitrogens with zero attached hydrogens (tertiary/aromatic N) is 1. The zero-order chi connectivity index (χ0) is 18.4. The molecule has 136 valence electrons. The molecule has 6 heteroatoms. The highest BCUT2D eigenvalue weighted by Crippen LogP contribution is 2.29. The average Bonchev–Trinajstić information content (AvgIpc) is 2.70. The van der Waals surface area contributed by atoms with Gasteiger partial charge in [-0.15, -0.1) is 0 Å². The van der Waals surface area contributed by atoms with Crippen LogP contribution in [0.25, 0.3) is 10.9 Å². The van der Waals surface area contributed by atoms with E-state index in [1.807, 2.05) is 36.4 Å². The molecular weight excluding hydrogens is 334 g/mol. The van der Waals surface area contributed by atoms with Gasteiger partial charge in [-0.25, -0.2) is 4.98 Å². The van der Waals surface area contributed by atoms with Crippen LogP contribution in [0.5, 0.6) is 17.2 Å². The van der Waals surface area contributed by atoms with Crippen molar-refractivity contribution in [3.05, 3.63) is 60.3 Å². The summed E-state index contributed by atoms with van der Waals surface area (Å²) >= 11 is 0. The molecule has 0 aliphatic heterocycles. The van der Waals surface area contributed by atoms with E-state index in [9.17, 15) is 5.11 Å². The Bertz CT molecular complexity index is 864. The van der Waals surface area contributed by atoms with Crippen LogP contribution in [-0.2, 0) is 11.3 Å². The van der Waals surface area contributed by atoms with E-state index >= 15 is 0 Å². The predicted octanol–water partition coefficient (Wildman–Crippen LogP) is 3.17. The molecule has 26 heavy (non-hydrogen) atoms. The number of pyridine rings is 1. The molecule has 1 unspecified atom stereocenters. The number of ether oxygens (including phenoxy) is 4. The lowest BCUT2D eigenvalue weighted by atomic mass is 10.2. The van der Waals surface area contributed by atoms with Crippen molar-refractivity contribution in [3.8, 4) is 17.2 Å². The van der Waals surface area contributed by atoms with Crippen molar-refractivity contribution in [2.24, 2.45) is 0 Å². The number of para-hydroxylation sites is 1. The molecule has 0 aliphatic carbocycles. The molecule has 0 saturated carbocycles. The number of aliphatic hydroxyl groups is 1. The Morgan fingerprint density at radius 3 is 2.50 bits per heavy atom. The third kappa shape index (κ3) is 4.41. The van der Waals surface area contributed by atoms with Crippen LogP contribution in [0.4, 0.5) is 0 Å². The molecule has 0 fully saturated rings. The SMILES string of the molecule is COc1cc(OCc2ccc3ccccc3n2)cc(OC(CO)OC)c1. The Kier molecular flexibility index (Phi) is 5.88. The van der Waals surface area contributed by atoms with Gasteiger partial charge in [0.25, 0.3) is 0 Å². The maximum Gasteiger partial charge on any atom is 0.222 e. The fourth-order valence-electron chi connectivity index (χ4n) is 2.47. The largest absolute Gasteiger partial charge is 0.496 e. The van der Waals surface area contributed by atoms with Gasteiger partial charge < -0.3 is 24.1 Å². The van der Waals surface area contributed by atoms with Crippen LogP contribution in [0, 0.1) is 0 Å². The van der Waals surface area contributed by atoms with E-state index in [1.165, 1.54) is 7.11 Å². The van der Waals surface area contributed by atoms with E-state index in [0.717, 1.165) is 16.6 Å². The monoisotopic (exact) mass is 355 g/mol. The van der Waals surface area contributed by atoms with Crippen molar-refractivity contribution < 1.29 is 24.1 Å². The van der Waals surface area contributed by atoms with E-state index < -0.39 is 6.29 Å². The van der Waals surface area contributed by atoms with E-state index in [1.54, 1.807) is 25.3 Å². The number of hydrogen-bond acceptors (Lipinski definition) is 6. The van der Waals surface area contributed by atoms with Crippen LogP contribution in [-0.4, -0.2) is 37.2 Å². The van der Waals surface area contributed by atoms with Crippen molar-refractivity contribution in [1.82, 2.24) is 4.98 Å². The molecule has 3 rings (SSSR count). The molecule has 6 nitrogen and oxygen atoms in total. The summed E-state index contributed by atoms with van der Waals surface area (Å²) < 4.78 is 21.7. The van der Waals surface area contributed by atoms with E-state index in [2.05, 4.69) is 4.98 Å². The maximum atomic E-state index is 9.20. The maximum absolute atomic E-state index is 9.20. The summed E-state index contributed by atoms with van der Waals surface area (Å²) in [5.74, 6) is 1.63. The highest BCUT2D eigenvalue weighted by molar-refractivity contribution is 5.78. The van der Waals surface area contributed by atoms with Crippen molar-refractivity contribution >= 4 is 10.9 Å². The molecule has 0 aliphatic rings. The van der Waals surface area contributed by atoms with E-state index in [4.69, 9.17) is 18.9 Å². The number of aromatic nitrogens is 1. The summed E-state index contributed by atoms with van der Waals surface area (Å²) in [6, 6.07) is 17.1. The van der Waals surface area contributed by atoms with Crippen LogP contribution in [0.1, 0.15) is 5.69 Å². The molecule has 0 bridgehead atoms. The second-order valence-electron chi connectivity index (χ2n) is 5.59. The van der Waals surface area contributed by atoms with Crippen molar-refractivity contribution in [2.75, 3.05) is 20.8 Å². The van der Waals surface area contributed by atoms with Crippen LogP contribution >= 0.6 is 0 Å². The van der Waals surface area contributed by atoms with Crippen molar-refractivity contribution in [2.45, 2.75) is 12.9 Å². The summed E-state index contributed by atoms with van der Waals surface area (Å²) in [5.41, 5.74) is 1.74. The Morgan fingerprint density at radius 1 is 0.962 bits per heavy atom. The molecule has 1 atom stereocenters. The van der Waals surface area contributed by atoms with Crippen molar-refractivity contribution in [1.29, 1.82) is 0 Å². The fourth-order valence-corrected chi connectivity index (χ4v) is 2.47. The highest BCUT2D eigenvalue weighted by atomic mass is 16.7. The summed E-state index contributed by atoms with van der Waals surface area (Å²) in [5, 5.41) is 10.3. The number of rotatable bonds is 8.